The zero-order chi connectivity index (χ0) is 15.9. The van der Waals surface area contributed by atoms with Crippen LogP contribution in [0.15, 0.2) is 47.4 Å². The van der Waals surface area contributed by atoms with E-state index in [1.54, 1.807) is 18.0 Å². The first-order valence-corrected chi connectivity index (χ1v) is 8.64. The first kappa shape index (κ1) is 16.6. The lowest BCUT2D eigenvalue weighted by Crippen LogP contribution is -2.24. The number of benzene rings is 1. The van der Waals surface area contributed by atoms with E-state index in [1.165, 1.54) is 4.57 Å². The average Bonchev–Trinajstić information content (AvgIpc) is 2.53. The van der Waals surface area contributed by atoms with Gasteiger partial charge in [0.15, 0.2) is 5.75 Å². The highest BCUT2D eigenvalue weighted by Gasteiger charge is 2.11. The molecule has 0 radical (unpaired) electrons. The molecule has 0 aliphatic rings. The number of nitrogens with zero attached hydrogens (tertiary/aromatic N) is 2. The molecule has 1 aromatic heterocycles. The van der Waals surface area contributed by atoms with Gasteiger partial charge < -0.3 is 14.6 Å². The van der Waals surface area contributed by atoms with Crippen molar-refractivity contribution in [3.05, 3.63) is 64.1 Å². The summed E-state index contributed by atoms with van der Waals surface area (Å²) in [6.45, 7) is 1.97. The number of pyridine rings is 1. The van der Waals surface area contributed by atoms with Crippen LogP contribution < -0.4 is 5.56 Å². The molecule has 0 amide bonds. The predicted molar refractivity (Wildman–Crippen MR) is 92.6 cm³/mol. The highest BCUT2D eigenvalue weighted by molar-refractivity contribution is 7.98. The molecule has 2 rings (SSSR count). The first-order valence-electron chi connectivity index (χ1n) is 7.24. The molecule has 0 spiro atoms. The van der Waals surface area contributed by atoms with Gasteiger partial charge in [-0.15, -0.1) is 0 Å². The fraction of sp³-hybridized carbons (Fsp3) is 0.353. The van der Waals surface area contributed by atoms with E-state index < -0.39 is 0 Å². The third-order valence-electron chi connectivity index (χ3n) is 3.54. The van der Waals surface area contributed by atoms with Crippen LogP contribution in [-0.4, -0.2) is 40.2 Å². The van der Waals surface area contributed by atoms with Crippen molar-refractivity contribution < 1.29 is 5.11 Å². The molecule has 118 valence electrons. The van der Waals surface area contributed by atoms with Gasteiger partial charge in [-0.1, -0.05) is 30.3 Å². The van der Waals surface area contributed by atoms with Crippen molar-refractivity contribution in [1.82, 2.24) is 9.47 Å². The maximum Gasteiger partial charge on any atom is 0.293 e. The summed E-state index contributed by atoms with van der Waals surface area (Å²) in [5.41, 5.74) is 1.38. The van der Waals surface area contributed by atoms with E-state index in [4.69, 9.17) is 0 Å². The minimum absolute atomic E-state index is 0.144. The molecule has 0 aliphatic carbocycles. The number of hydrogen-bond donors (Lipinski definition) is 1. The Kier molecular flexibility index (Phi) is 6.10. The maximum absolute atomic E-state index is 12.3. The lowest BCUT2D eigenvalue weighted by Gasteiger charge is -2.17. The molecule has 0 fully saturated rings. The van der Waals surface area contributed by atoms with E-state index in [9.17, 15) is 9.90 Å². The fourth-order valence-corrected chi connectivity index (χ4v) is 2.74. The second-order valence-electron chi connectivity index (χ2n) is 5.34. The van der Waals surface area contributed by atoms with Gasteiger partial charge in [0.05, 0.1) is 6.54 Å². The molecule has 1 aromatic carbocycles. The van der Waals surface area contributed by atoms with Crippen molar-refractivity contribution in [3.8, 4) is 5.75 Å². The molecule has 0 aliphatic heterocycles. The van der Waals surface area contributed by atoms with Crippen LogP contribution in [-0.2, 0) is 13.1 Å². The monoisotopic (exact) mass is 318 g/mol. The van der Waals surface area contributed by atoms with Crippen LogP contribution >= 0.6 is 11.8 Å². The molecule has 0 saturated heterocycles. The minimum Gasteiger partial charge on any atom is -0.503 e. The average molecular weight is 318 g/mol. The molecule has 1 heterocycles. The topological polar surface area (TPSA) is 45.5 Å². The highest BCUT2D eigenvalue weighted by atomic mass is 32.2. The van der Waals surface area contributed by atoms with Gasteiger partial charge in [-0.05, 0) is 24.9 Å². The standard InChI is InChI=1S/C17H22N2O2S/c1-18(10-11-22-2)13-15-8-9-19(17(21)16(15)20)12-14-6-4-3-5-7-14/h3-9,20H,10-13H2,1-2H3. The molecule has 2 aromatic rings. The molecule has 22 heavy (non-hydrogen) atoms. The predicted octanol–water partition coefficient (Wildman–Crippen LogP) is 2.40. The first-order chi connectivity index (χ1) is 10.6. The van der Waals surface area contributed by atoms with Gasteiger partial charge in [-0.2, -0.15) is 11.8 Å². The fourth-order valence-electron chi connectivity index (χ4n) is 2.25. The summed E-state index contributed by atoms with van der Waals surface area (Å²) < 4.78 is 1.54. The third kappa shape index (κ3) is 4.39. The smallest absolute Gasteiger partial charge is 0.293 e. The Morgan fingerprint density at radius 1 is 1.23 bits per heavy atom. The maximum atomic E-state index is 12.3. The van der Waals surface area contributed by atoms with Crippen LogP contribution in [0, 0.1) is 0 Å². The second kappa shape index (κ2) is 8.06. The van der Waals surface area contributed by atoms with Crippen molar-refractivity contribution in [2.45, 2.75) is 13.1 Å². The summed E-state index contributed by atoms with van der Waals surface area (Å²) in [6, 6.07) is 11.6. The Bertz CT molecular complexity index is 655. The van der Waals surface area contributed by atoms with E-state index in [2.05, 4.69) is 11.2 Å². The van der Waals surface area contributed by atoms with Crippen LogP contribution in [0.3, 0.4) is 0 Å². The van der Waals surface area contributed by atoms with Gasteiger partial charge in [-0.25, -0.2) is 0 Å². The molecule has 4 nitrogen and oxygen atoms in total. The molecule has 1 N–H and O–H groups in total. The quantitative estimate of drug-likeness (QED) is 0.851. The van der Waals surface area contributed by atoms with Crippen molar-refractivity contribution in [1.29, 1.82) is 0 Å². The van der Waals surface area contributed by atoms with Crippen molar-refractivity contribution in [3.63, 3.8) is 0 Å². The number of thioether (sulfide) groups is 1. The second-order valence-corrected chi connectivity index (χ2v) is 6.32. The van der Waals surface area contributed by atoms with Gasteiger partial charge in [0, 0.05) is 30.6 Å². The molecular formula is C17H22N2O2S. The molecule has 0 saturated carbocycles. The third-order valence-corrected chi connectivity index (χ3v) is 4.13. The highest BCUT2D eigenvalue weighted by Crippen LogP contribution is 2.14. The van der Waals surface area contributed by atoms with Crippen LogP contribution in [0.5, 0.6) is 5.75 Å². The summed E-state index contributed by atoms with van der Waals surface area (Å²) in [7, 11) is 1.99. The number of aromatic hydroxyl groups is 1. The van der Waals surface area contributed by atoms with Gasteiger partial charge in [0.1, 0.15) is 0 Å². The largest absolute Gasteiger partial charge is 0.503 e. The van der Waals surface area contributed by atoms with E-state index in [0.29, 0.717) is 18.7 Å². The number of aromatic nitrogens is 1. The zero-order valence-corrected chi connectivity index (χ0v) is 13.8. The lowest BCUT2D eigenvalue weighted by atomic mass is 10.2. The van der Waals surface area contributed by atoms with E-state index in [0.717, 1.165) is 17.9 Å². The minimum atomic E-state index is -0.334. The summed E-state index contributed by atoms with van der Waals surface area (Å²) >= 11 is 1.78. The molecular weight excluding hydrogens is 296 g/mol. The van der Waals surface area contributed by atoms with Crippen molar-refractivity contribution >= 4 is 11.8 Å². The Morgan fingerprint density at radius 3 is 2.64 bits per heavy atom. The molecule has 0 unspecified atom stereocenters. The van der Waals surface area contributed by atoms with Gasteiger partial charge in [0.2, 0.25) is 0 Å². The van der Waals surface area contributed by atoms with E-state index in [-0.39, 0.29) is 11.3 Å². The van der Waals surface area contributed by atoms with E-state index in [1.807, 2.05) is 43.4 Å². The number of hydrogen-bond acceptors (Lipinski definition) is 4. The molecule has 5 heteroatoms. The lowest BCUT2D eigenvalue weighted by molar-refractivity contribution is 0.338. The number of rotatable bonds is 7. The van der Waals surface area contributed by atoms with E-state index >= 15 is 0 Å². The summed E-state index contributed by atoms with van der Waals surface area (Å²) in [6.07, 6.45) is 3.82. The van der Waals surface area contributed by atoms with Crippen molar-refractivity contribution in [2.75, 3.05) is 25.6 Å². The molecule has 0 bridgehead atoms. The Balaban J connectivity index is 2.13. The van der Waals surface area contributed by atoms with Crippen molar-refractivity contribution in [2.24, 2.45) is 0 Å². The summed E-state index contributed by atoms with van der Waals surface area (Å²) in [4.78, 5) is 14.4. The van der Waals surface area contributed by atoms with Gasteiger partial charge in [-0.3, -0.25) is 4.79 Å². The summed E-state index contributed by atoms with van der Waals surface area (Å²) in [5.74, 6) is 0.886. The van der Waals surface area contributed by atoms with Gasteiger partial charge >= 0.3 is 0 Å². The molecule has 0 atom stereocenters. The normalized spacial score (nSPS) is 11.0. The Hall–Kier alpha value is -1.72. The van der Waals surface area contributed by atoms with Crippen LogP contribution in [0.2, 0.25) is 0 Å². The Morgan fingerprint density at radius 2 is 1.95 bits per heavy atom. The van der Waals surface area contributed by atoms with Crippen LogP contribution in [0.25, 0.3) is 0 Å². The van der Waals surface area contributed by atoms with Crippen LogP contribution in [0.1, 0.15) is 11.1 Å². The SMILES string of the molecule is CSCCN(C)Cc1ccn(Cc2ccccc2)c(=O)c1O. The Labute approximate surface area is 135 Å². The van der Waals surface area contributed by atoms with Crippen LogP contribution in [0.4, 0.5) is 0 Å². The van der Waals surface area contributed by atoms with Gasteiger partial charge in [0.25, 0.3) is 5.56 Å². The summed E-state index contributed by atoms with van der Waals surface area (Å²) in [5, 5.41) is 10.2. The zero-order valence-electron chi connectivity index (χ0n) is 13.0.